The zero-order chi connectivity index (χ0) is 19.1. The van der Waals surface area contributed by atoms with E-state index in [9.17, 15) is 9.59 Å². The van der Waals surface area contributed by atoms with Gasteiger partial charge in [-0.3, -0.25) is 4.79 Å². The molecule has 2 rings (SSSR count). The van der Waals surface area contributed by atoms with E-state index in [4.69, 9.17) is 18.9 Å². The zero-order valence-corrected chi connectivity index (χ0v) is 15.9. The Balaban J connectivity index is 2.01. The zero-order valence-electron chi connectivity index (χ0n) is 15.9. The second kappa shape index (κ2) is 9.31. The largest absolute Gasteiger partial charge is 0.493 e. The third kappa shape index (κ3) is 4.59. The van der Waals surface area contributed by atoms with E-state index in [-0.39, 0.29) is 24.1 Å². The monoisotopic (exact) mass is 365 g/mol. The molecule has 1 aliphatic carbocycles. The molecule has 26 heavy (non-hydrogen) atoms. The van der Waals surface area contributed by atoms with Crippen molar-refractivity contribution in [1.82, 2.24) is 4.90 Å². The van der Waals surface area contributed by atoms with E-state index < -0.39 is 5.97 Å². The maximum absolute atomic E-state index is 12.3. The third-order valence-corrected chi connectivity index (χ3v) is 4.74. The number of rotatable bonds is 7. The number of methoxy groups -OCH3 is 3. The van der Waals surface area contributed by atoms with E-state index in [2.05, 4.69) is 0 Å². The van der Waals surface area contributed by atoms with Crippen molar-refractivity contribution in [3.8, 4) is 17.2 Å². The fourth-order valence-corrected chi connectivity index (χ4v) is 3.18. The van der Waals surface area contributed by atoms with Crippen LogP contribution in [0.25, 0.3) is 0 Å². The van der Waals surface area contributed by atoms with E-state index in [1.807, 2.05) is 0 Å². The van der Waals surface area contributed by atoms with Crippen LogP contribution in [0.2, 0.25) is 0 Å². The Labute approximate surface area is 154 Å². The van der Waals surface area contributed by atoms with Crippen molar-refractivity contribution in [3.63, 3.8) is 0 Å². The second-order valence-electron chi connectivity index (χ2n) is 6.29. The van der Waals surface area contributed by atoms with Crippen molar-refractivity contribution >= 4 is 11.9 Å². The molecule has 0 aliphatic heterocycles. The molecule has 0 atom stereocenters. The Morgan fingerprint density at radius 1 is 1.00 bits per heavy atom. The average Bonchev–Trinajstić information content (AvgIpc) is 2.70. The Morgan fingerprint density at radius 3 is 2.08 bits per heavy atom. The van der Waals surface area contributed by atoms with Crippen molar-refractivity contribution in [2.45, 2.75) is 38.1 Å². The lowest BCUT2D eigenvalue weighted by Gasteiger charge is -2.31. The molecule has 0 heterocycles. The first kappa shape index (κ1) is 19.9. The smallest absolute Gasteiger partial charge is 0.338 e. The van der Waals surface area contributed by atoms with Crippen LogP contribution in [0, 0.1) is 0 Å². The van der Waals surface area contributed by atoms with Crippen LogP contribution in [-0.2, 0) is 9.53 Å². The molecule has 0 saturated heterocycles. The molecule has 7 heteroatoms. The lowest BCUT2D eigenvalue weighted by molar-refractivity contribution is -0.135. The van der Waals surface area contributed by atoms with Crippen molar-refractivity contribution in [2.75, 3.05) is 35.0 Å². The maximum Gasteiger partial charge on any atom is 0.338 e. The van der Waals surface area contributed by atoms with Gasteiger partial charge in [-0.1, -0.05) is 19.3 Å². The summed E-state index contributed by atoms with van der Waals surface area (Å²) in [6.45, 7) is -0.289. The van der Waals surface area contributed by atoms with E-state index in [0.29, 0.717) is 17.2 Å². The van der Waals surface area contributed by atoms with E-state index >= 15 is 0 Å². The van der Waals surface area contributed by atoms with Crippen LogP contribution in [0.5, 0.6) is 17.2 Å². The number of esters is 1. The number of carbonyl (C=O) groups excluding carboxylic acids is 2. The van der Waals surface area contributed by atoms with Crippen molar-refractivity contribution < 1.29 is 28.5 Å². The molecule has 1 saturated carbocycles. The number of carbonyl (C=O) groups is 2. The highest BCUT2D eigenvalue weighted by atomic mass is 16.5. The number of likely N-dealkylation sites (N-methyl/N-ethyl adjacent to an activating group) is 1. The van der Waals surface area contributed by atoms with Crippen LogP contribution in [0.3, 0.4) is 0 Å². The molecule has 1 aromatic carbocycles. The molecule has 7 nitrogen and oxygen atoms in total. The summed E-state index contributed by atoms with van der Waals surface area (Å²) < 4.78 is 20.9. The molecule has 1 fully saturated rings. The topological polar surface area (TPSA) is 74.3 Å². The molecule has 1 aliphatic rings. The number of benzene rings is 1. The Hall–Kier alpha value is -2.44. The molecular weight excluding hydrogens is 338 g/mol. The number of nitrogens with zero attached hydrogens (tertiary/aromatic N) is 1. The van der Waals surface area contributed by atoms with Crippen molar-refractivity contribution in [3.05, 3.63) is 17.7 Å². The normalized spacial score (nSPS) is 14.5. The quantitative estimate of drug-likeness (QED) is 0.692. The summed E-state index contributed by atoms with van der Waals surface area (Å²) in [6, 6.07) is 3.23. The summed E-state index contributed by atoms with van der Waals surface area (Å²) >= 11 is 0. The van der Waals surface area contributed by atoms with E-state index in [1.165, 1.54) is 39.9 Å². The second-order valence-corrected chi connectivity index (χ2v) is 6.29. The molecule has 0 aromatic heterocycles. The Morgan fingerprint density at radius 2 is 1.58 bits per heavy atom. The van der Waals surface area contributed by atoms with Crippen LogP contribution in [0.4, 0.5) is 0 Å². The molecule has 144 valence electrons. The van der Waals surface area contributed by atoms with Gasteiger partial charge < -0.3 is 23.8 Å². The molecule has 1 aromatic rings. The lowest BCUT2D eigenvalue weighted by Crippen LogP contribution is -2.40. The maximum atomic E-state index is 12.3. The standard InChI is InChI=1S/C19H27NO6/c1-20(14-8-6-5-7-9-14)17(21)12-26-19(22)13-10-15(23-2)18(25-4)16(11-13)24-3/h10-11,14H,5-9,12H2,1-4H3. The minimum Gasteiger partial charge on any atom is -0.493 e. The molecule has 0 unspecified atom stereocenters. The molecule has 1 amide bonds. The molecule has 0 radical (unpaired) electrons. The third-order valence-electron chi connectivity index (χ3n) is 4.74. The fraction of sp³-hybridized carbons (Fsp3) is 0.579. The van der Waals surface area contributed by atoms with Gasteiger partial charge in [-0.2, -0.15) is 0 Å². The van der Waals surface area contributed by atoms with Gasteiger partial charge in [-0.25, -0.2) is 4.79 Å². The van der Waals surface area contributed by atoms with Gasteiger partial charge in [-0.05, 0) is 25.0 Å². The van der Waals surface area contributed by atoms with Gasteiger partial charge >= 0.3 is 5.97 Å². The van der Waals surface area contributed by atoms with Crippen LogP contribution in [0.1, 0.15) is 42.5 Å². The van der Waals surface area contributed by atoms with Gasteiger partial charge in [-0.15, -0.1) is 0 Å². The highest BCUT2D eigenvalue weighted by Crippen LogP contribution is 2.38. The van der Waals surface area contributed by atoms with Gasteiger partial charge in [0.25, 0.3) is 5.91 Å². The summed E-state index contributed by atoms with van der Waals surface area (Å²) in [5.41, 5.74) is 0.229. The van der Waals surface area contributed by atoms with Crippen LogP contribution >= 0.6 is 0 Å². The number of amides is 1. The SMILES string of the molecule is COc1cc(C(=O)OCC(=O)N(C)C2CCCCC2)cc(OC)c1OC. The first-order chi connectivity index (χ1) is 12.5. The van der Waals surface area contributed by atoms with Gasteiger partial charge in [0.1, 0.15) is 0 Å². The summed E-state index contributed by atoms with van der Waals surface area (Å²) in [7, 11) is 6.19. The summed E-state index contributed by atoms with van der Waals surface area (Å²) in [6.07, 6.45) is 5.49. The van der Waals surface area contributed by atoms with Crippen molar-refractivity contribution in [1.29, 1.82) is 0 Å². The molecular formula is C19H27NO6. The first-order valence-corrected chi connectivity index (χ1v) is 8.74. The summed E-state index contributed by atoms with van der Waals surface area (Å²) in [5, 5.41) is 0. The van der Waals surface area contributed by atoms with Crippen LogP contribution in [-0.4, -0.2) is 57.8 Å². The predicted octanol–water partition coefficient (Wildman–Crippen LogP) is 2.66. The minimum absolute atomic E-state index is 0.197. The fourth-order valence-electron chi connectivity index (χ4n) is 3.18. The predicted molar refractivity (Wildman–Crippen MR) is 96.0 cm³/mol. The van der Waals surface area contributed by atoms with E-state index in [1.54, 1.807) is 11.9 Å². The number of hydrogen-bond acceptors (Lipinski definition) is 6. The molecule has 0 spiro atoms. The Kier molecular flexibility index (Phi) is 7.12. The minimum atomic E-state index is -0.616. The summed E-state index contributed by atoms with van der Waals surface area (Å²) in [5.74, 6) is 0.279. The summed E-state index contributed by atoms with van der Waals surface area (Å²) in [4.78, 5) is 26.3. The average molecular weight is 365 g/mol. The van der Waals surface area contributed by atoms with Crippen molar-refractivity contribution in [2.24, 2.45) is 0 Å². The number of ether oxygens (including phenoxy) is 4. The van der Waals surface area contributed by atoms with Crippen LogP contribution < -0.4 is 14.2 Å². The van der Waals surface area contributed by atoms with Gasteiger partial charge in [0.15, 0.2) is 18.1 Å². The highest BCUT2D eigenvalue weighted by molar-refractivity contribution is 5.92. The van der Waals surface area contributed by atoms with E-state index in [0.717, 1.165) is 25.7 Å². The number of hydrogen-bond donors (Lipinski definition) is 0. The van der Waals surface area contributed by atoms with Gasteiger partial charge in [0.05, 0.1) is 26.9 Å². The lowest BCUT2D eigenvalue weighted by atomic mass is 9.94. The van der Waals surface area contributed by atoms with Crippen LogP contribution in [0.15, 0.2) is 12.1 Å². The first-order valence-electron chi connectivity index (χ1n) is 8.74. The van der Waals surface area contributed by atoms with Gasteiger partial charge in [0.2, 0.25) is 5.75 Å². The molecule has 0 N–H and O–H groups in total. The van der Waals surface area contributed by atoms with Gasteiger partial charge in [0, 0.05) is 13.1 Å². The Bertz CT molecular complexity index is 614. The molecule has 0 bridgehead atoms. The highest BCUT2D eigenvalue weighted by Gasteiger charge is 2.24.